The monoisotopic (exact) mass is 266 g/mol. The van der Waals surface area contributed by atoms with Gasteiger partial charge in [0.25, 0.3) is 0 Å². The Labute approximate surface area is 114 Å². The van der Waals surface area contributed by atoms with Gasteiger partial charge in [-0.15, -0.1) is 0 Å². The van der Waals surface area contributed by atoms with Crippen LogP contribution >= 0.6 is 0 Å². The van der Waals surface area contributed by atoms with E-state index >= 15 is 0 Å². The highest BCUT2D eigenvalue weighted by molar-refractivity contribution is 5.43. The molecule has 0 unspecified atom stereocenters. The van der Waals surface area contributed by atoms with Gasteiger partial charge in [0.1, 0.15) is 5.75 Å². The first-order valence-corrected chi connectivity index (χ1v) is 6.67. The normalized spacial score (nSPS) is 17.7. The first-order valence-electron chi connectivity index (χ1n) is 6.67. The van der Waals surface area contributed by atoms with Crippen LogP contribution < -0.4 is 4.74 Å². The quantitative estimate of drug-likeness (QED) is 0.888. The van der Waals surface area contributed by atoms with Gasteiger partial charge in [-0.25, -0.2) is 0 Å². The summed E-state index contributed by atoms with van der Waals surface area (Å²) in [6, 6.07) is 4.08. The third-order valence-corrected chi connectivity index (χ3v) is 3.57. The van der Waals surface area contributed by atoms with Gasteiger partial charge in [0.2, 0.25) is 0 Å². The lowest BCUT2D eigenvalue weighted by atomic mass is 9.94. The summed E-state index contributed by atoms with van der Waals surface area (Å²) in [7, 11) is 1.67. The molecule has 0 bridgehead atoms. The Hall–Kier alpha value is -1.10. The van der Waals surface area contributed by atoms with E-state index in [-0.39, 0.29) is 6.61 Å². The lowest BCUT2D eigenvalue weighted by molar-refractivity contribution is -0.173. The minimum atomic E-state index is -0.705. The first-order chi connectivity index (χ1) is 9.13. The summed E-state index contributed by atoms with van der Waals surface area (Å²) in [5, 5.41) is 9.06. The molecule has 0 spiro atoms. The maximum Gasteiger partial charge on any atom is 0.195 e. The second-order valence-electron chi connectivity index (χ2n) is 4.91. The van der Waals surface area contributed by atoms with E-state index < -0.39 is 5.79 Å². The van der Waals surface area contributed by atoms with Crippen LogP contribution in [0.2, 0.25) is 0 Å². The van der Waals surface area contributed by atoms with Crippen LogP contribution in [0.5, 0.6) is 5.75 Å². The van der Waals surface area contributed by atoms with E-state index in [2.05, 4.69) is 6.07 Å². The second kappa shape index (κ2) is 5.90. The lowest BCUT2D eigenvalue weighted by Gasteiger charge is -2.30. The highest BCUT2D eigenvalue weighted by Gasteiger charge is 2.39. The molecular formula is C15H22O4. The molecule has 0 saturated carbocycles. The predicted octanol–water partition coefficient (Wildman–Crippen LogP) is 2.28. The number of hydrogen-bond donors (Lipinski definition) is 1. The van der Waals surface area contributed by atoms with Crippen molar-refractivity contribution in [2.45, 2.75) is 32.5 Å². The van der Waals surface area contributed by atoms with Crippen molar-refractivity contribution in [2.75, 3.05) is 26.9 Å². The number of aliphatic hydroxyl groups excluding tert-OH is 1. The molecule has 1 N–H and O–H groups in total. The van der Waals surface area contributed by atoms with Crippen LogP contribution in [0.15, 0.2) is 12.1 Å². The van der Waals surface area contributed by atoms with E-state index in [1.807, 2.05) is 19.9 Å². The Morgan fingerprint density at radius 3 is 2.47 bits per heavy atom. The maximum absolute atomic E-state index is 9.06. The Balaban J connectivity index is 2.39. The molecule has 1 saturated heterocycles. The molecule has 4 nitrogen and oxygen atoms in total. The van der Waals surface area contributed by atoms with Gasteiger partial charge in [-0.1, -0.05) is 0 Å². The fourth-order valence-electron chi connectivity index (χ4n) is 2.62. The average molecular weight is 266 g/mol. The van der Waals surface area contributed by atoms with Gasteiger partial charge in [-0.05, 0) is 43.5 Å². The van der Waals surface area contributed by atoms with Crippen LogP contribution in [0, 0.1) is 13.8 Å². The zero-order valence-electron chi connectivity index (χ0n) is 11.9. The molecule has 0 radical (unpaired) electrons. The summed E-state index contributed by atoms with van der Waals surface area (Å²) in [5.41, 5.74) is 3.18. The summed E-state index contributed by atoms with van der Waals surface area (Å²) in [5.74, 6) is 0.167. The smallest absolute Gasteiger partial charge is 0.195 e. The van der Waals surface area contributed by atoms with Crippen LogP contribution in [0.1, 0.15) is 29.5 Å². The number of methoxy groups -OCH3 is 1. The molecule has 2 rings (SSSR count). The van der Waals surface area contributed by atoms with E-state index in [0.29, 0.717) is 26.1 Å². The third kappa shape index (κ3) is 2.76. The van der Waals surface area contributed by atoms with Crippen LogP contribution in [0.4, 0.5) is 0 Å². The van der Waals surface area contributed by atoms with Gasteiger partial charge >= 0.3 is 0 Å². The van der Waals surface area contributed by atoms with Gasteiger partial charge in [0.05, 0.1) is 20.3 Å². The molecule has 19 heavy (non-hydrogen) atoms. The lowest BCUT2D eigenvalue weighted by Crippen LogP contribution is -2.28. The maximum atomic E-state index is 9.06. The second-order valence-corrected chi connectivity index (χ2v) is 4.91. The Morgan fingerprint density at radius 1 is 1.21 bits per heavy atom. The van der Waals surface area contributed by atoms with E-state index in [0.717, 1.165) is 22.4 Å². The van der Waals surface area contributed by atoms with Crippen LogP contribution in [-0.4, -0.2) is 32.0 Å². The molecule has 1 aromatic carbocycles. The molecule has 0 amide bonds. The number of aliphatic hydroxyl groups is 1. The standard InChI is InChI=1S/C15H22O4/c1-11-10-14(17-3)12(2)9-13(11)15(5-4-6-16)18-7-8-19-15/h9-10,16H,4-8H2,1-3H3. The van der Waals surface area contributed by atoms with Crippen LogP contribution in [0.3, 0.4) is 0 Å². The Bertz CT molecular complexity index is 436. The molecule has 106 valence electrons. The number of benzene rings is 1. The minimum Gasteiger partial charge on any atom is -0.496 e. The summed E-state index contributed by atoms with van der Waals surface area (Å²) in [6.07, 6.45) is 1.32. The first kappa shape index (κ1) is 14.3. The number of rotatable bonds is 5. The van der Waals surface area contributed by atoms with Gasteiger partial charge in [-0.2, -0.15) is 0 Å². The van der Waals surface area contributed by atoms with Crippen molar-refractivity contribution < 1.29 is 19.3 Å². The largest absolute Gasteiger partial charge is 0.496 e. The highest BCUT2D eigenvalue weighted by Crippen LogP contribution is 2.39. The van der Waals surface area contributed by atoms with E-state index in [4.69, 9.17) is 19.3 Å². The van der Waals surface area contributed by atoms with Gasteiger partial charge in [-0.3, -0.25) is 0 Å². The van der Waals surface area contributed by atoms with Crippen LogP contribution in [-0.2, 0) is 15.3 Å². The summed E-state index contributed by atoms with van der Waals surface area (Å²) in [6.45, 7) is 5.37. The SMILES string of the molecule is COc1cc(C)c(C2(CCCO)OCCO2)cc1C. The molecule has 1 heterocycles. The number of hydrogen-bond acceptors (Lipinski definition) is 4. The van der Waals surface area contributed by atoms with Crippen molar-refractivity contribution in [1.82, 2.24) is 0 Å². The molecule has 4 heteroatoms. The van der Waals surface area contributed by atoms with Crippen LogP contribution in [0.25, 0.3) is 0 Å². The Kier molecular flexibility index (Phi) is 4.45. The van der Waals surface area contributed by atoms with Crippen molar-refractivity contribution in [2.24, 2.45) is 0 Å². The summed E-state index contributed by atoms with van der Waals surface area (Å²) in [4.78, 5) is 0. The molecule has 0 aromatic heterocycles. The fraction of sp³-hybridized carbons (Fsp3) is 0.600. The highest BCUT2D eigenvalue weighted by atomic mass is 16.7. The zero-order valence-corrected chi connectivity index (χ0v) is 11.9. The molecule has 0 atom stereocenters. The topological polar surface area (TPSA) is 47.9 Å². The minimum absolute atomic E-state index is 0.142. The van der Waals surface area contributed by atoms with Gasteiger partial charge < -0.3 is 19.3 Å². The molecule has 1 aliphatic rings. The van der Waals surface area contributed by atoms with E-state index in [9.17, 15) is 0 Å². The zero-order chi connectivity index (χ0) is 13.9. The fourth-order valence-corrected chi connectivity index (χ4v) is 2.62. The van der Waals surface area contributed by atoms with E-state index in [1.54, 1.807) is 7.11 Å². The number of aryl methyl sites for hydroxylation is 2. The Morgan fingerprint density at radius 2 is 1.89 bits per heavy atom. The molecular weight excluding hydrogens is 244 g/mol. The van der Waals surface area contributed by atoms with Gasteiger partial charge in [0, 0.05) is 18.6 Å². The summed E-state index contributed by atoms with van der Waals surface area (Å²) < 4.78 is 17.1. The molecule has 1 aromatic rings. The number of ether oxygens (including phenoxy) is 3. The average Bonchev–Trinajstić information content (AvgIpc) is 2.88. The third-order valence-electron chi connectivity index (χ3n) is 3.57. The molecule has 1 fully saturated rings. The van der Waals surface area contributed by atoms with Crippen molar-refractivity contribution in [3.63, 3.8) is 0 Å². The predicted molar refractivity (Wildman–Crippen MR) is 72.4 cm³/mol. The van der Waals surface area contributed by atoms with Crippen molar-refractivity contribution >= 4 is 0 Å². The summed E-state index contributed by atoms with van der Waals surface area (Å²) >= 11 is 0. The van der Waals surface area contributed by atoms with Crippen molar-refractivity contribution in [1.29, 1.82) is 0 Å². The molecule has 0 aliphatic carbocycles. The van der Waals surface area contributed by atoms with Crippen molar-refractivity contribution in [3.8, 4) is 5.75 Å². The van der Waals surface area contributed by atoms with Crippen molar-refractivity contribution in [3.05, 3.63) is 28.8 Å². The van der Waals surface area contributed by atoms with Gasteiger partial charge in [0.15, 0.2) is 5.79 Å². The molecule has 1 aliphatic heterocycles. The van der Waals surface area contributed by atoms with E-state index in [1.165, 1.54) is 0 Å².